The van der Waals surface area contributed by atoms with Crippen LogP contribution in [0.4, 0.5) is 0 Å². The van der Waals surface area contributed by atoms with E-state index in [-0.39, 0.29) is 0 Å². The van der Waals surface area contributed by atoms with Crippen LogP contribution in [0, 0.1) is 0 Å². The summed E-state index contributed by atoms with van der Waals surface area (Å²) in [6.07, 6.45) is 4.46. The predicted octanol–water partition coefficient (Wildman–Crippen LogP) is 13.3. The van der Waals surface area contributed by atoms with Crippen LogP contribution in [0.5, 0.6) is 0 Å². The summed E-state index contributed by atoms with van der Waals surface area (Å²) in [4.78, 5) is 15.8. The molecule has 10 aromatic rings. The van der Waals surface area contributed by atoms with E-state index >= 15 is 0 Å². The number of rotatable bonds is 4. The molecule has 0 amide bonds. The lowest BCUT2D eigenvalue weighted by Gasteiger charge is -2.16. The molecule has 0 saturated heterocycles. The third-order valence-electron chi connectivity index (χ3n) is 10.7. The standard InChI is InChI=1S/C48H31N3OS/c1-28-20-21-29-22-23-30(27-31(29)26-28)46-49-47(51-48(50-46)40-16-8-15-37-35-12-5-7-19-43(35)53-45(37)40)38-25-24-34(32-10-2-3-11-33(32)38)36-14-9-18-42-44(36)39-13-4-6-17-41(39)52-42/h2-19,22-27H,20-21H2,1H3. The third-order valence-corrected chi connectivity index (χ3v) is 12.0. The number of thiophene rings is 1. The first kappa shape index (κ1) is 30.2. The van der Waals surface area contributed by atoms with Crippen LogP contribution in [-0.4, -0.2) is 15.0 Å². The average molecular weight is 698 g/mol. The molecule has 7 aromatic carbocycles. The second kappa shape index (κ2) is 11.8. The number of fused-ring (bicyclic) bond motifs is 8. The normalized spacial score (nSPS) is 13.0. The Kier molecular flexibility index (Phi) is 6.73. The van der Waals surface area contributed by atoms with E-state index < -0.39 is 0 Å². The molecule has 0 N–H and O–H groups in total. The quantitative estimate of drug-likeness (QED) is 0.184. The van der Waals surface area contributed by atoms with Crippen molar-refractivity contribution in [2.45, 2.75) is 19.8 Å². The fraction of sp³-hybridized carbons (Fsp3) is 0.0625. The number of aryl methyl sites for hydroxylation is 1. The van der Waals surface area contributed by atoms with Crippen LogP contribution < -0.4 is 0 Å². The van der Waals surface area contributed by atoms with Crippen LogP contribution in [0.25, 0.3) is 104 Å². The van der Waals surface area contributed by atoms with Gasteiger partial charge in [0, 0.05) is 47.6 Å². The Labute approximate surface area is 309 Å². The van der Waals surface area contributed by atoms with E-state index in [0.717, 1.165) is 73.4 Å². The Balaban J connectivity index is 1.16. The zero-order chi connectivity index (χ0) is 35.0. The van der Waals surface area contributed by atoms with Crippen molar-refractivity contribution < 1.29 is 4.42 Å². The Hall–Kier alpha value is -6.43. The molecular weight excluding hydrogens is 667 g/mol. The Morgan fingerprint density at radius 1 is 0.509 bits per heavy atom. The summed E-state index contributed by atoms with van der Waals surface area (Å²) in [5, 5.41) is 6.93. The van der Waals surface area contributed by atoms with Crippen molar-refractivity contribution >= 4 is 70.3 Å². The van der Waals surface area contributed by atoms with Gasteiger partial charge in [-0.2, -0.15) is 0 Å². The van der Waals surface area contributed by atoms with E-state index in [1.165, 1.54) is 36.9 Å². The maximum atomic E-state index is 6.29. The van der Waals surface area contributed by atoms with Crippen molar-refractivity contribution in [2.24, 2.45) is 0 Å². The minimum Gasteiger partial charge on any atom is -0.456 e. The summed E-state index contributed by atoms with van der Waals surface area (Å²) in [5.41, 5.74) is 11.0. The van der Waals surface area contributed by atoms with Crippen LogP contribution in [0.1, 0.15) is 24.5 Å². The fourth-order valence-corrected chi connectivity index (χ4v) is 9.37. The van der Waals surface area contributed by atoms with Crippen molar-refractivity contribution in [1.82, 2.24) is 15.0 Å². The monoisotopic (exact) mass is 697 g/mol. The minimum atomic E-state index is 0.655. The molecule has 53 heavy (non-hydrogen) atoms. The van der Waals surface area contributed by atoms with Gasteiger partial charge < -0.3 is 4.42 Å². The smallest absolute Gasteiger partial charge is 0.165 e. The Morgan fingerprint density at radius 3 is 2.06 bits per heavy atom. The lowest BCUT2D eigenvalue weighted by Crippen LogP contribution is -2.02. The molecular formula is C48H31N3OS. The molecule has 0 radical (unpaired) electrons. The largest absolute Gasteiger partial charge is 0.456 e. The first-order chi connectivity index (χ1) is 26.2. The van der Waals surface area contributed by atoms with Gasteiger partial charge in [0.1, 0.15) is 11.2 Å². The number of allylic oxidation sites excluding steroid dienone is 1. The van der Waals surface area contributed by atoms with Crippen molar-refractivity contribution in [2.75, 3.05) is 0 Å². The maximum Gasteiger partial charge on any atom is 0.165 e. The van der Waals surface area contributed by atoms with Gasteiger partial charge in [0.25, 0.3) is 0 Å². The molecule has 0 unspecified atom stereocenters. The van der Waals surface area contributed by atoms with Crippen molar-refractivity contribution in [3.63, 3.8) is 0 Å². The molecule has 4 nitrogen and oxygen atoms in total. The average Bonchev–Trinajstić information content (AvgIpc) is 3.79. The molecule has 0 bridgehead atoms. The second-order valence-electron chi connectivity index (χ2n) is 14.0. The summed E-state index contributed by atoms with van der Waals surface area (Å²) < 4.78 is 8.73. The molecule has 250 valence electrons. The van der Waals surface area contributed by atoms with Crippen LogP contribution in [-0.2, 0) is 6.42 Å². The zero-order valence-electron chi connectivity index (χ0n) is 28.9. The van der Waals surface area contributed by atoms with Gasteiger partial charge in [0.05, 0.1) is 0 Å². The first-order valence-electron chi connectivity index (χ1n) is 18.1. The molecule has 0 atom stereocenters. The highest BCUT2D eigenvalue weighted by atomic mass is 32.1. The number of furan rings is 1. The zero-order valence-corrected chi connectivity index (χ0v) is 29.7. The van der Waals surface area contributed by atoms with E-state index in [4.69, 9.17) is 19.4 Å². The van der Waals surface area contributed by atoms with Crippen LogP contribution >= 0.6 is 11.3 Å². The van der Waals surface area contributed by atoms with Gasteiger partial charge in [-0.25, -0.2) is 15.0 Å². The van der Waals surface area contributed by atoms with Crippen molar-refractivity contribution in [3.8, 4) is 45.3 Å². The first-order valence-corrected chi connectivity index (χ1v) is 18.9. The van der Waals surface area contributed by atoms with Gasteiger partial charge >= 0.3 is 0 Å². The van der Waals surface area contributed by atoms with Crippen molar-refractivity contribution in [3.05, 3.63) is 156 Å². The number of nitrogens with zero attached hydrogens (tertiary/aromatic N) is 3. The van der Waals surface area contributed by atoms with Gasteiger partial charge in [-0.05, 0) is 89.2 Å². The molecule has 3 aromatic heterocycles. The Morgan fingerprint density at radius 2 is 1.17 bits per heavy atom. The van der Waals surface area contributed by atoms with Gasteiger partial charge in [0.15, 0.2) is 17.5 Å². The van der Waals surface area contributed by atoms with Gasteiger partial charge in [-0.15, -0.1) is 11.3 Å². The highest BCUT2D eigenvalue weighted by Crippen LogP contribution is 2.43. The lowest BCUT2D eigenvalue weighted by atomic mass is 9.91. The van der Waals surface area contributed by atoms with Crippen LogP contribution in [0.15, 0.2) is 150 Å². The lowest BCUT2D eigenvalue weighted by molar-refractivity contribution is 0.669. The van der Waals surface area contributed by atoms with E-state index in [0.29, 0.717) is 17.5 Å². The third kappa shape index (κ3) is 4.85. The van der Waals surface area contributed by atoms with E-state index in [1.54, 1.807) is 11.3 Å². The summed E-state index contributed by atoms with van der Waals surface area (Å²) in [6, 6.07) is 49.3. The summed E-state index contributed by atoms with van der Waals surface area (Å²) in [5.74, 6) is 2.00. The molecule has 3 heterocycles. The molecule has 1 aliphatic rings. The van der Waals surface area contributed by atoms with Gasteiger partial charge in [-0.1, -0.05) is 115 Å². The molecule has 5 heteroatoms. The van der Waals surface area contributed by atoms with E-state index in [1.807, 2.05) is 12.1 Å². The molecule has 11 rings (SSSR count). The molecule has 0 spiro atoms. The SMILES string of the molecule is CC1=Cc2cc(-c3nc(-c4ccc(-c5cccc6oc7ccccc7c56)c5ccccc45)nc(-c4cccc5c4sc4ccccc45)n3)ccc2CC1. The molecule has 0 aliphatic heterocycles. The highest BCUT2D eigenvalue weighted by molar-refractivity contribution is 7.26. The molecule has 1 aliphatic carbocycles. The van der Waals surface area contributed by atoms with Gasteiger partial charge in [0.2, 0.25) is 0 Å². The van der Waals surface area contributed by atoms with E-state index in [9.17, 15) is 0 Å². The van der Waals surface area contributed by atoms with Crippen LogP contribution in [0.3, 0.4) is 0 Å². The van der Waals surface area contributed by atoms with Crippen molar-refractivity contribution in [1.29, 1.82) is 0 Å². The number of benzene rings is 7. The summed E-state index contributed by atoms with van der Waals surface area (Å²) in [7, 11) is 0. The topological polar surface area (TPSA) is 51.8 Å². The number of hydrogen-bond donors (Lipinski definition) is 0. The molecule has 0 saturated carbocycles. The highest BCUT2D eigenvalue weighted by Gasteiger charge is 2.21. The fourth-order valence-electron chi connectivity index (χ4n) is 8.16. The summed E-state index contributed by atoms with van der Waals surface area (Å²) in [6.45, 7) is 2.21. The molecule has 0 fully saturated rings. The maximum absolute atomic E-state index is 6.29. The second-order valence-corrected chi connectivity index (χ2v) is 15.0. The Bertz CT molecular complexity index is 3150. The summed E-state index contributed by atoms with van der Waals surface area (Å²) >= 11 is 1.79. The minimum absolute atomic E-state index is 0.655. The van der Waals surface area contributed by atoms with Crippen LogP contribution in [0.2, 0.25) is 0 Å². The number of aromatic nitrogens is 3. The van der Waals surface area contributed by atoms with E-state index in [2.05, 4.69) is 140 Å². The number of hydrogen-bond acceptors (Lipinski definition) is 5. The number of para-hydroxylation sites is 1. The van der Waals surface area contributed by atoms with Gasteiger partial charge in [-0.3, -0.25) is 0 Å². The predicted molar refractivity (Wildman–Crippen MR) is 221 cm³/mol.